The Kier molecular flexibility index (Phi) is 6.01. The van der Waals surface area contributed by atoms with Crippen molar-refractivity contribution in [3.8, 4) is 0 Å². The zero-order valence-corrected chi connectivity index (χ0v) is 15.2. The molecule has 2 aromatic rings. The van der Waals surface area contributed by atoms with Crippen LogP contribution in [0.3, 0.4) is 0 Å². The number of rotatable bonds is 3. The van der Waals surface area contributed by atoms with E-state index in [1.165, 1.54) is 5.56 Å². The maximum absolute atomic E-state index is 6.28. The zero-order valence-electron chi connectivity index (χ0n) is 11.4. The molecule has 0 fully saturated rings. The molecule has 0 radical (unpaired) electrons. The number of guanidine groups is 1. The molecule has 0 saturated carbocycles. The van der Waals surface area contributed by atoms with Gasteiger partial charge in [-0.05, 0) is 30.5 Å². The number of benzene rings is 1. The number of nitrogens with zero attached hydrogens (tertiary/aromatic N) is 1. The minimum Gasteiger partial charge on any atom is -0.361 e. The Hall–Kier alpha value is -0.660. The van der Waals surface area contributed by atoms with E-state index in [4.69, 9.17) is 23.2 Å². The molecule has 3 rings (SSSR count). The Morgan fingerprint density at radius 1 is 1.29 bits per heavy atom. The van der Waals surface area contributed by atoms with Crippen molar-refractivity contribution in [1.29, 1.82) is 0 Å². The molecule has 1 aromatic heterocycles. The van der Waals surface area contributed by atoms with Gasteiger partial charge in [-0.15, -0.1) is 24.0 Å². The number of halogens is 3. The molecular formula is C14H17Cl2IN4. The number of hydrogen-bond donors (Lipinski definition) is 3. The van der Waals surface area contributed by atoms with Crippen LogP contribution in [0.1, 0.15) is 12.0 Å². The molecule has 7 heteroatoms. The number of aromatic nitrogens is 1. The number of aromatic amines is 1. The third-order valence-electron chi connectivity index (χ3n) is 3.36. The molecule has 21 heavy (non-hydrogen) atoms. The Bertz CT molecular complexity index is 654. The van der Waals surface area contributed by atoms with Crippen LogP contribution in [0, 0.1) is 0 Å². The van der Waals surface area contributed by atoms with Crippen molar-refractivity contribution in [2.24, 2.45) is 4.99 Å². The molecule has 1 aliphatic rings. The lowest BCUT2D eigenvalue weighted by Crippen LogP contribution is -2.41. The van der Waals surface area contributed by atoms with Crippen molar-refractivity contribution in [3.63, 3.8) is 0 Å². The van der Waals surface area contributed by atoms with E-state index in [1.54, 1.807) is 6.07 Å². The number of aliphatic imine (C=N–C) groups is 1. The third-order valence-corrected chi connectivity index (χ3v) is 3.88. The maximum atomic E-state index is 6.28. The Balaban J connectivity index is 0.00000161. The van der Waals surface area contributed by atoms with Crippen LogP contribution in [0.2, 0.25) is 10.0 Å². The van der Waals surface area contributed by atoms with Gasteiger partial charge in [0.2, 0.25) is 0 Å². The lowest BCUT2D eigenvalue weighted by Gasteiger charge is -2.15. The normalized spacial score (nSPS) is 14.3. The average Bonchev–Trinajstić information content (AvgIpc) is 2.83. The summed E-state index contributed by atoms with van der Waals surface area (Å²) in [6.07, 6.45) is 3.97. The quantitative estimate of drug-likeness (QED) is 0.641. The Morgan fingerprint density at radius 2 is 2.14 bits per heavy atom. The minimum atomic E-state index is 0. The predicted molar refractivity (Wildman–Crippen MR) is 100 cm³/mol. The number of fused-ring (bicyclic) bond motifs is 1. The second-order valence-corrected chi connectivity index (χ2v) is 5.66. The summed E-state index contributed by atoms with van der Waals surface area (Å²) in [6.45, 7) is 2.70. The maximum Gasteiger partial charge on any atom is 0.191 e. The number of H-pyrrole nitrogens is 1. The summed E-state index contributed by atoms with van der Waals surface area (Å²) >= 11 is 12.3. The SMILES string of the molecule is Clc1cc(Cl)c2c(CCNC3=NCCCN3)c[nH]c2c1.I. The van der Waals surface area contributed by atoms with Crippen molar-refractivity contribution >= 4 is 64.0 Å². The van der Waals surface area contributed by atoms with Crippen molar-refractivity contribution in [1.82, 2.24) is 15.6 Å². The number of nitrogens with one attached hydrogen (secondary N) is 3. The van der Waals surface area contributed by atoms with Crippen molar-refractivity contribution in [2.75, 3.05) is 19.6 Å². The molecule has 0 saturated heterocycles. The summed E-state index contributed by atoms with van der Waals surface area (Å²) in [4.78, 5) is 7.60. The molecule has 2 heterocycles. The van der Waals surface area contributed by atoms with Crippen LogP contribution >= 0.6 is 47.2 Å². The molecule has 3 N–H and O–H groups in total. The fourth-order valence-corrected chi connectivity index (χ4v) is 3.03. The fourth-order valence-electron chi connectivity index (χ4n) is 2.41. The highest BCUT2D eigenvalue weighted by atomic mass is 127. The van der Waals surface area contributed by atoms with E-state index in [9.17, 15) is 0 Å². The molecule has 114 valence electrons. The third kappa shape index (κ3) is 3.96. The first kappa shape index (κ1) is 16.7. The molecule has 1 aliphatic heterocycles. The van der Waals surface area contributed by atoms with Gasteiger partial charge in [-0.3, -0.25) is 4.99 Å². The van der Waals surface area contributed by atoms with Gasteiger partial charge in [-0.1, -0.05) is 23.2 Å². The summed E-state index contributed by atoms with van der Waals surface area (Å²) in [5.74, 6) is 0.894. The van der Waals surface area contributed by atoms with Crippen LogP contribution in [0.15, 0.2) is 23.3 Å². The van der Waals surface area contributed by atoms with Gasteiger partial charge in [0.05, 0.1) is 5.02 Å². The van der Waals surface area contributed by atoms with Crippen LogP contribution in [-0.4, -0.2) is 30.6 Å². The Morgan fingerprint density at radius 3 is 2.90 bits per heavy atom. The topological polar surface area (TPSA) is 52.2 Å². The van der Waals surface area contributed by atoms with Crippen LogP contribution in [0.25, 0.3) is 10.9 Å². The largest absolute Gasteiger partial charge is 0.361 e. The summed E-state index contributed by atoms with van der Waals surface area (Å²) < 4.78 is 0. The van der Waals surface area contributed by atoms with Gasteiger partial charge in [0.15, 0.2) is 5.96 Å². The van der Waals surface area contributed by atoms with E-state index in [-0.39, 0.29) is 24.0 Å². The standard InChI is InChI=1S/C14H16Cl2N4.HI/c15-10-6-11(16)13-9(8-20-12(13)7-10)2-5-19-14-17-3-1-4-18-14;/h6-8,20H,1-5H2,(H2,17,18,19);1H. The van der Waals surface area contributed by atoms with E-state index < -0.39 is 0 Å². The van der Waals surface area contributed by atoms with E-state index in [1.807, 2.05) is 12.3 Å². The molecule has 0 bridgehead atoms. The molecule has 0 spiro atoms. The first-order valence-corrected chi connectivity index (χ1v) is 7.47. The summed E-state index contributed by atoms with van der Waals surface area (Å²) in [5.41, 5.74) is 2.16. The molecule has 0 aliphatic carbocycles. The van der Waals surface area contributed by atoms with E-state index in [0.717, 1.165) is 49.3 Å². The highest BCUT2D eigenvalue weighted by Crippen LogP contribution is 2.30. The second-order valence-electron chi connectivity index (χ2n) is 4.81. The molecule has 1 aromatic carbocycles. The average molecular weight is 439 g/mol. The summed E-state index contributed by atoms with van der Waals surface area (Å²) in [6, 6.07) is 3.68. The lowest BCUT2D eigenvalue weighted by molar-refractivity contribution is 0.700. The summed E-state index contributed by atoms with van der Waals surface area (Å²) in [5, 5.41) is 8.95. The predicted octanol–water partition coefficient (Wildman–Crippen LogP) is 3.57. The van der Waals surface area contributed by atoms with Crippen molar-refractivity contribution in [3.05, 3.63) is 33.9 Å². The zero-order chi connectivity index (χ0) is 13.9. The first-order valence-electron chi connectivity index (χ1n) is 6.71. The second kappa shape index (κ2) is 7.56. The van der Waals surface area contributed by atoms with Gasteiger partial charge < -0.3 is 15.6 Å². The van der Waals surface area contributed by atoms with Crippen molar-refractivity contribution < 1.29 is 0 Å². The van der Waals surface area contributed by atoms with Crippen LogP contribution in [0.5, 0.6) is 0 Å². The van der Waals surface area contributed by atoms with E-state index >= 15 is 0 Å². The van der Waals surface area contributed by atoms with Gasteiger partial charge in [0, 0.05) is 41.8 Å². The van der Waals surface area contributed by atoms with E-state index in [2.05, 4.69) is 20.6 Å². The van der Waals surface area contributed by atoms with Crippen LogP contribution < -0.4 is 10.6 Å². The first-order chi connectivity index (χ1) is 9.74. The highest BCUT2D eigenvalue weighted by molar-refractivity contribution is 14.0. The minimum absolute atomic E-state index is 0. The van der Waals surface area contributed by atoms with Crippen LogP contribution in [0.4, 0.5) is 0 Å². The molecule has 0 unspecified atom stereocenters. The highest BCUT2D eigenvalue weighted by Gasteiger charge is 2.09. The number of hydrogen-bond acceptors (Lipinski definition) is 3. The Labute approximate surface area is 150 Å². The van der Waals surface area contributed by atoms with Crippen molar-refractivity contribution in [2.45, 2.75) is 12.8 Å². The molecule has 0 amide bonds. The van der Waals surface area contributed by atoms with Gasteiger partial charge >= 0.3 is 0 Å². The monoisotopic (exact) mass is 438 g/mol. The molecule has 4 nitrogen and oxygen atoms in total. The van der Waals surface area contributed by atoms with Gasteiger partial charge in [0.25, 0.3) is 0 Å². The van der Waals surface area contributed by atoms with Crippen LogP contribution in [-0.2, 0) is 6.42 Å². The smallest absolute Gasteiger partial charge is 0.191 e. The van der Waals surface area contributed by atoms with E-state index in [0.29, 0.717) is 10.0 Å². The fraction of sp³-hybridized carbons (Fsp3) is 0.357. The molecule has 0 atom stereocenters. The van der Waals surface area contributed by atoms with Gasteiger partial charge in [0.1, 0.15) is 0 Å². The van der Waals surface area contributed by atoms with Gasteiger partial charge in [-0.25, -0.2) is 0 Å². The molecular weight excluding hydrogens is 422 g/mol. The summed E-state index contributed by atoms with van der Waals surface area (Å²) in [7, 11) is 0. The van der Waals surface area contributed by atoms with Gasteiger partial charge in [-0.2, -0.15) is 0 Å². The lowest BCUT2D eigenvalue weighted by atomic mass is 10.1.